The van der Waals surface area contributed by atoms with Gasteiger partial charge in [-0.2, -0.15) is 0 Å². The van der Waals surface area contributed by atoms with E-state index in [9.17, 15) is 4.79 Å². The van der Waals surface area contributed by atoms with Gasteiger partial charge in [-0.25, -0.2) is 4.98 Å². The molecule has 0 radical (unpaired) electrons. The van der Waals surface area contributed by atoms with Crippen molar-refractivity contribution in [3.63, 3.8) is 0 Å². The van der Waals surface area contributed by atoms with Crippen molar-refractivity contribution in [1.29, 1.82) is 0 Å². The zero-order valence-corrected chi connectivity index (χ0v) is 10.1. The number of carbonyl (C=O) groups is 1. The van der Waals surface area contributed by atoms with E-state index in [4.69, 9.17) is 5.73 Å². The van der Waals surface area contributed by atoms with Crippen LogP contribution in [-0.2, 0) is 0 Å². The summed E-state index contributed by atoms with van der Waals surface area (Å²) in [6.45, 7) is 1.91. The number of anilines is 1. The highest BCUT2D eigenvalue weighted by atomic mass is 32.1. The van der Waals surface area contributed by atoms with Gasteiger partial charge in [0.15, 0.2) is 5.13 Å². The van der Waals surface area contributed by atoms with E-state index in [1.165, 1.54) is 11.3 Å². The molecule has 2 rings (SSSR count). The molecule has 0 aliphatic heterocycles. The van der Waals surface area contributed by atoms with Gasteiger partial charge in [-0.05, 0) is 24.6 Å². The zero-order valence-electron chi connectivity index (χ0n) is 9.25. The van der Waals surface area contributed by atoms with E-state index in [0.29, 0.717) is 10.8 Å². The minimum absolute atomic E-state index is 0.0894. The number of nitrogens with two attached hydrogens (primary N) is 1. The highest BCUT2D eigenvalue weighted by Gasteiger charge is 2.13. The highest BCUT2D eigenvalue weighted by molar-refractivity contribution is 7.13. The Hall–Kier alpha value is -1.95. The largest absolute Gasteiger partial charge is 0.375 e. The van der Waals surface area contributed by atoms with Crippen LogP contribution in [0.4, 0.5) is 5.13 Å². The minimum Gasteiger partial charge on any atom is -0.375 e. The number of thiazole rings is 1. The van der Waals surface area contributed by atoms with Crippen molar-refractivity contribution in [2.45, 2.75) is 13.0 Å². The van der Waals surface area contributed by atoms with Crippen LogP contribution in [0, 0.1) is 0 Å². The summed E-state index contributed by atoms with van der Waals surface area (Å²) < 4.78 is 0. The number of pyridine rings is 1. The second-order valence-corrected chi connectivity index (χ2v) is 4.44. The fourth-order valence-corrected chi connectivity index (χ4v) is 1.94. The fourth-order valence-electron chi connectivity index (χ4n) is 1.40. The third-order valence-corrected chi connectivity index (χ3v) is 2.98. The van der Waals surface area contributed by atoms with Gasteiger partial charge in [0.05, 0.1) is 6.04 Å². The quantitative estimate of drug-likeness (QED) is 0.864. The van der Waals surface area contributed by atoms with Gasteiger partial charge in [-0.1, -0.05) is 0 Å². The maximum Gasteiger partial charge on any atom is 0.271 e. The summed E-state index contributed by atoms with van der Waals surface area (Å²) in [4.78, 5) is 19.7. The average molecular weight is 248 g/mol. The van der Waals surface area contributed by atoms with Crippen LogP contribution in [0.15, 0.2) is 29.9 Å². The second kappa shape index (κ2) is 4.92. The van der Waals surface area contributed by atoms with Crippen molar-refractivity contribution < 1.29 is 4.79 Å². The molecule has 0 saturated carbocycles. The lowest BCUT2D eigenvalue weighted by atomic mass is 10.1. The van der Waals surface area contributed by atoms with Gasteiger partial charge >= 0.3 is 0 Å². The van der Waals surface area contributed by atoms with E-state index in [-0.39, 0.29) is 11.9 Å². The Morgan fingerprint density at radius 2 is 2.18 bits per heavy atom. The summed E-state index contributed by atoms with van der Waals surface area (Å²) >= 11 is 1.25. The highest BCUT2D eigenvalue weighted by Crippen LogP contribution is 2.14. The van der Waals surface area contributed by atoms with Gasteiger partial charge < -0.3 is 11.1 Å². The molecule has 5 nitrogen and oxygen atoms in total. The van der Waals surface area contributed by atoms with Gasteiger partial charge in [-0.15, -0.1) is 11.3 Å². The first kappa shape index (κ1) is 11.5. The van der Waals surface area contributed by atoms with E-state index in [1.807, 2.05) is 19.1 Å². The topological polar surface area (TPSA) is 80.9 Å². The number of hydrogen-bond acceptors (Lipinski definition) is 5. The predicted octanol–water partition coefficient (Wildman–Crippen LogP) is 1.61. The molecule has 2 aromatic rings. The van der Waals surface area contributed by atoms with Gasteiger partial charge in [0.2, 0.25) is 0 Å². The number of nitrogen functional groups attached to an aromatic ring is 1. The van der Waals surface area contributed by atoms with E-state index in [1.54, 1.807) is 17.8 Å². The summed E-state index contributed by atoms with van der Waals surface area (Å²) in [7, 11) is 0. The molecule has 3 N–H and O–H groups in total. The monoisotopic (exact) mass is 248 g/mol. The first-order valence-corrected chi connectivity index (χ1v) is 5.96. The third-order valence-electron chi connectivity index (χ3n) is 2.31. The van der Waals surface area contributed by atoms with Crippen molar-refractivity contribution in [1.82, 2.24) is 15.3 Å². The molecule has 1 amide bonds. The molecule has 0 fully saturated rings. The number of nitrogens with zero attached hydrogens (tertiary/aromatic N) is 2. The molecule has 6 heteroatoms. The lowest BCUT2D eigenvalue weighted by molar-refractivity contribution is 0.0935. The molecule has 17 heavy (non-hydrogen) atoms. The van der Waals surface area contributed by atoms with Crippen molar-refractivity contribution in [2.24, 2.45) is 0 Å². The number of carbonyl (C=O) groups excluding carboxylic acids is 1. The van der Waals surface area contributed by atoms with Crippen LogP contribution >= 0.6 is 11.3 Å². The average Bonchev–Trinajstić information content (AvgIpc) is 2.77. The molecular weight excluding hydrogens is 236 g/mol. The Kier molecular flexibility index (Phi) is 3.34. The summed E-state index contributed by atoms with van der Waals surface area (Å²) in [6.07, 6.45) is 3.39. The second-order valence-electron chi connectivity index (χ2n) is 3.55. The fraction of sp³-hybridized carbons (Fsp3) is 0.182. The van der Waals surface area contributed by atoms with Crippen LogP contribution in [0.5, 0.6) is 0 Å². The summed E-state index contributed by atoms with van der Waals surface area (Å²) in [5.41, 5.74) is 6.83. The zero-order chi connectivity index (χ0) is 12.3. The Morgan fingerprint density at radius 3 is 2.76 bits per heavy atom. The van der Waals surface area contributed by atoms with Crippen LogP contribution in [0.3, 0.4) is 0 Å². The number of nitrogens with one attached hydrogen (secondary N) is 1. The van der Waals surface area contributed by atoms with Crippen molar-refractivity contribution in [3.8, 4) is 0 Å². The Bertz CT molecular complexity index is 511. The summed E-state index contributed by atoms with van der Waals surface area (Å²) in [6, 6.07) is 3.63. The molecule has 1 unspecified atom stereocenters. The molecule has 0 saturated heterocycles. The molecule has 0 spiro atoms. The summed E-state index contributed by atoms with van der Waals surface area (Å²) in [5, 5.41) is 4.89. The van der Waals surface area contributed by atoms with Crippen molar-refractivity contribution >= 4 is 22.4 Å². The molecule has 0 bridgehead atoms. The van der Waals surface area contributed by atoms with Gasteiger partial charge in [0.25, 0.3) is 5.91 Å². The normalized spacial score (nSPS) is 12.1. The molecule has 0 aliphatic rings. The molecule has 2 aromatic heterocycles. The number of rotatable bonds is 3. The SMILES string of the molecule is CC(NC(=O)c1csc(N)n1)c1ccncc1. The molecule has 0 aromatic carbocycles. The van der Waals surface area contributed by atoms with Gasteiger partial charge in [-0.3, -0.25) is 9.78 Å². The van der Waals surface area contributed by atoms with Gasteiger partial charge in [0.1, 0.15) is 5.69 Å². The molecule has 2 heterocycles. The maximum absolute atomic E-state index is 11.8. The lowest BCUT2D eigenvalue weighted by Crippen LogP contribution is -2.26. The first-order chi connectivity index (χ1) is 8.16. The molecular formula is C11H12N4OS. The summed E-state index contributed by atoms with van der Waals surface area (Å²) in [5.74, 6) is -0.220. The maximum atomic E-state index is 11.8. The third kappa shape index (κ3) is 2.79. The van der Waals surface area contributed by atoms with Crippen molar-refractivity contribution in [2.75, 3.05) is 5.73 Å². The van der Waals surface area contributed by atoms with Crippen LogP contribution in [0.25, 0.3) is 0 Å². The molecule has 0 aliphatic carbocycles. The lowest BCUT2D eigenvalue weighted by Gasteiger charge is -2.12. The van der Waals surface area contributed by atoms with E-state index < -0.39 is 0 Å². The molecule has 1 atom stereocenters. The van der Waals surface area contributed by atoms with Crippen LogP contribution in [0.1, 0.15) is 29.0 Å². The van der Waals surface area contributed by atoms with E-state index in [0.717, 1.165) is 5.56 Å². The Morgan fingerprint density at radius 1 is 1.47 bits per heavy atom. The van der Waals surface area contributed by atoms with Crippen LogP contribution in [0.2, 0.25) is 0 Å². The predicted molar refractivity (Wildman–Crippen MR) is 66.6 cm³/mol. The van der Waals surface area contributed by atoms with E-state index in [2.05, 4.69) is 15.3 Å². The first-order valence-electron chi connectivity index (χ1n) is 5.08. The smallest absolute Gasteiger partial charge is 0.271 e. The minimum atomic E-state index is -0.220. The van der Waals surface area contributed by atoms with Crippen molar-refractivity contribution in [3.05, 3.63) is 41.2 Å². The standard InChI is InChI=1S/C11H12N4OS/c1-7(8-2-4-13-5-3-8)14-10(16)9-6-17-11(12)15-9/h2-7H,1H3,(H2,12,15)(H,14,16). The molecule has 88 valence electrons. The number of amides is 1. The Labute approximate surface area is 103 Å². The van der Waals surface area contributed by atoms with E-state index >= 15 is 0 Å². The number of aromatic nitrogens is 2. The van der Waals surface area contributed by atoms with Crippen LogP contribution < -0.4 is 11.1 Å². The Balaban J connectivity index is 2.04. The van der Waals surface area contributed by atoms with Gasteiger partial charge in [0, 0.05) is 17.8 Å². The number of hydrogen-bond donors (Lipinski definition) is 2. The van der Waals surface area contributed by atoms with Crippen LogP contribution in [-0.4, -0.2) is 15.9 Å².